The van der Waals surface area contributed by atoms with Gasteiger partial charge in [-0.15, -0.1) is 0 Å². The molecule has 1 heteroatoms. The second kappa shape index (κ2) is 10.1. The first-order valence-corrected chi connectivity index (χ1v) is 9.33. The van der Waals surface area contributed by atoms with Crippen molar-refractivity contribution in [1.82, 2.24) is 0 Å². The van der Waals surface area contributed by atoms with Crippen molar-refractivity contribution in [3.63, 3.8) is 0 Å². The fraction of sp³-hybridized carbons (Fsp3) is 0.217. The van der Waals surface area contributed by atoms with Crippen molar-refractivity contribution >= 4 is 28.1 Å². The van der Waals surface area contributed by atoms with Gasteiger partial charge in [-0.25, -0.2) is 0 Å². The van der Waals surface area contributed by atoms with Crippen molar-refractivity contribution in [3.8, 4) is 0 Å². The summed E-state index contributed by atoms with van der Waals surface area (Å²) >= 11 is 3.55. The van der Waals surface area contributed by atoms with Crippen LogP contribution in [0.2, 0.25) is 0 Å². The fourth-order valence-electron chi connectivity index (χ4n) is 2.66. The highest BCUT2D eigenvalue weighted by atomic mass is 79.9. The Morgan fingerprint density at radius 3 is 1.83 bits per heavy atom. The highest BCUT2D eigenvalue weighted by Crippen LogP contribution is 2.29. The lowest BCUT2D eigenvalue weighted by molar-refractivity contribution is 0.792. The lowest BCUT2D eigenvalue weighted by Gasteiger charge is -2.13. The molecule has 2 rings (SSSR count). The molecule has 0 aliphatic heterocycles. The van der Waals surface area contributed by atoms with E-state index in [1.54, 1.807) is 0 Å². The minimum atomic E-state index is 0.845. The molecule has 0 amide bonds. The molecule has 124 valence electrons. The minimum Gasteiger partial charge on any atom is -0.0885 e. The van der Waals surface area contributed by atoms with Gasteiger partial charge in [0, 0.05) is 6.42 Å². The summed E-state index contributed by atoms with van der Waals surface area (Å²) in [5, 5.41) is 0. The SMILES string of the molecule is C=C(Br)CC(=C\c1ccccc1)/C(=C/c1ccccc1)CCCC. The zero-order valence-corrected chi connectivity index (χ0v) is 15.9. The van der Waals surface area contributed by atoms with Crippen LogP contribution in [-0.4, -0.2) is 0 Å². The quantitative estimate of drug-likeness (QED) is 0.412. The molecule has 0 aliphatic carbocycles. The van der Waals surface area contributed by atoms with Crippen LogP contribution < -0.4 is 0 Å². The molecule has 0 aliphatic rings. The van der Waals surface area contributed by atoms with E-state index in [4.69, 9.17) is 0 Å². The average Bonchev–Trinajstić information content (AvgIpc) is 2.59. The van der Waals surface area contributed by atoms with Gasteiger partial charge < -0.3 is 0 Å². The Morgan fingerprint density at radius 2 is 1.38 bits per heavy atom. The lowest BCUT2D eigenvalue weighted by atomic mass is 9.93. The van der Waals surface area contributed by atoms with Crippen LogP contribution in [0.3, 0.4) is 0 Å². The van der Waals surface area contributed by atoms with Gasteiger partial charge in [-0.2, -0.15) is 0 Å². The van der Waals surface area contributed by atoms with Crippen molar-refractivity contribution in [2.45, 2.75) is 32.6 Å². The van der Waals surface area contributed by atoms with Gasteiger partial charge in [0.2, 0.25) is 0 Å². The van der Waals surface area contributed by atoms with Crippen LogP contribution in [0.5, 0.6) is 0 Å². The molecule has 0 nitrogen and oxygen atoms in total. The summed E-state index contributed by atoms with van der Waals surface area (Å²) in [4.78, 5) is 0. The smallest absolute Gasteiger partial charge is 0.00376 e. The van der Waals surface area contributed by atoms with Crippen LogP contribution >= 0.6 is 15.9 Å². The second-order valence-electron chi connectivity index (χ2n) is 5.96. The van der Waals surface area contributed by atoms with Gasteiger partial charge in [0.1, 0.15) is 0 Å². The van der Waals surface area contributed by atoms with E-state index >= 15 is 0 Å². The number of rotatable bonds is 8. The van der Waals surface area contributed by atoms with Gasteiger partial charge in [-0.3, -0.25) is 0 Å². The molecule has 0 saturated heterocycles. The molecule has 24 heavy (non-hydrogen) atoms. The zero-order chi connectivity index (χ0) is 17.2. The molecule has 0 radical (unpaired) electrons. The van der Waals surface area contributed by atoms with Crippen molar-refractivity contribution in [2.75, 3.05) is 0 Å². The van der Waals surface area contributed by atoms with Crippen LogP contribution in [0.25, 0.3) is 12.2 Å². The van der Waals surface area contributed by atoms with Crippen LogP contribution in [0.15, 0.2) is 82.9 Å². The van der Waals surface area contributed by atoms with Crippen molar-refractivity contribution in [3.05, 3.63) is 94.0 Å². The predicted molar refractivity (Wildman–Crippen MR) is 111 cm³/mol. The van der Waals surface area contributed by atoms with Crippen LogP contribution in [0.1, 0.15) is 43.7 Å². The lowest BCUT2D eigenvalue weighted by Crippen LogP contribution is -1.93. The van der Waals surface area contributed by atoms with Crippen LogP contribution in [-0.2, 0) is 0 Å². The number of benzene rings is 2. The molecule has 0 aromatic heterocycles. The van der Waals surface area contributed by atoms with E-state index in [-0.39, 0.29) is 0 Å². The third-order valence-corrected chi connectivity index (χ3v) is 4.16. The van der Waals surface area contributed by atoms with Gasteiger partial charge in [0.25, 0.3) is 0 Å². The van der Waals surface area contributed by atoms with Gasteiger partial charge in [0.15, 0.2) is 0 Å². The highest BCUT2D eigenvalue weighted by molar-refractivity contribution is 9.11. The first-order chi connectivity index (χ1) is 11.7. The van der Waals surface area contributed by atoms with Crippen LogP contribution in [0.4, 0.5) is 0 Å². The maximum atomic E-state index is 4.05. The highest BCUT2D eigenvalue weighted by Gasteiger charge is 2.07. The summed E-state index contributed by atoms with van der Waals surface area (Å²) in [6.45, 7) is 6.30. The summed E-state index contributed by atoms with van der Waals surface area (Å²) < 4.78 is 1.01. The Kier molecular flexibility index (Phi) is 7.77. The Labute approximate surface area is 154 Å². The van der Waals surface area contributed by atoms with E-state index in [0.717, 1.165) is 17.3 Å². The summed E-state index contributed by atoms with van der Waals surface area (Å²) in [5.41, 5.74) is 5.22. The first kappa shape index (κ1) is 18.5. The molecule has 2 aromatic carbocycles. The topological polar surface area (TPSA) is 0 Å². The van der Waals surface area contributed by atoms with Gasteiger partial charge >= 0.3 is 0 Å². The second-order valence-corrected chi connectivity index (χ2v) is 7.08. The van der Waals surface area contributed by atoms with Gasteiger partial charge in [0.05, 0.1) is 0 Å². The van der Waals surface area contributed by atoms with E-state index in [1.807, 2.05) is 0 Å². The summed E-state index contributed by atoms with van der Waals surface area (Å²) in [6.07, 6.45) is 8.93. The van der Waals surface area contributed by atoms with E-state index in [0.29, 0.717) is 0 Å². The Bertz CT molecular complexity index is 693. The Morgan fingerprint density at radius 1 is 0.875 bits per heavy atom. The maximum Gasteiger partial charge on any atom is 0.00376 e. The van der Waals surface area contributed by atoms with E-state index in [1.165, 1.54) is 35.1 Å². The molecular formula is C23H25Br. The molecule has 0 N–H and O–H groups in total. The summed E-state index contributed by atoms with van der Waals surface area (Å²) in [5.74, 6) is 0. The Balaban J connectivity index is 2.42. The van der Waals surface area contributed by atoms with Gasteiger partial charge in [-0.1, -0.05) is 109 Å². The number of unbranched alkanes of at least 4 members (excludes halogenated alkanes) is 1. The van der Waals surface area contributed by atoms with E-state index in [2.05, 4.69) is 102 Å². The molecule has 0 bridgehead atoms. The Hall–Kier alpha value is -1.86. The molecule has 0 unspecified atom stereocenters. The van der Waals surface area contributed by atoms with Crippen molar-refractivity contribution in [2.24, 2.45) is 0 Å². The fourth-order valence-corrected chi connectivity index (χ4v) is 2.96. The molecule has 0 heterocycles. The summed E-state index contributed by atoms with van der Waals surface area (Å²) in [6, 6.07) is 21.1. The third kappa shape index (κ3) is 6.33. The molecule has 2 aromatic rings. The standard InChI is InChI=1S/C23H25Br/c1-3-4-15-22(17-20-11-7-5-8-12-20)23(16-19(2)24)18-21-13-9-6-10-14-21/h5-14,17-18H,2-4,15-16H2,1H3/b22-17+,23-18+. The maximum absolute atomic E-state index is 4.05. The van der Waals surface area contributed by atoms with Crippen molar-refractivity contribution < 1.29 is 0 Å². The largest absolute Gasteiger partial charge is 0.0885 e. The molecule has 0 saturated carbocycles. The van der Waals surface area contributed by atoms with Crippen LogP contribution in [0, 0.1) is 0 Å². The number of halogens is 1. The monoisotopic (exact) mass is 380 g/mol. The number of allylic oxidation sites excluding steroid dienone is 3. The average molecular weight is 381 g/mol. The van der Waals surface area contributed by atoms with Crippen molar-refractivity contribution in [1.29, 1.82) is 0 Å². The number of hydrogen-bond donors (Lipinski definition) is 0. The normalized spacial score (nSPS) is 12.2. The summed E-state index contributed by atoms with van der Waals surface area (Å²) in [7, 11) is 0. The predicted octanol–water partition coefficient (Wildman–Crippen LogP) is 7.64. The first-order valence-electron chi connectivity index (χ1n) is 8.54. The van der Waals surface area contributed by atoms with Gasteiger partial charge in [-0.05, 0) is 39.6 Å². The van der Waals surface area contributed by atoms with E-state index in [9.17, 15) is 0 Å². The van der Waals surface area contributed by atoms with E-state index < -0.39 is 0 Å². The molecular weight excluding hydrogens is 356 g/mol. The third-order valence-electron chi connectivity index (χ3n) is 3.88. The minimum absolute atomic E-state index is 0.845. The number of hydrogen-bond acceptors (Lipinski definition) is 0. The molecule has 0 spiro atoms. The zero-order valence-electron chi connectivity index (χ0n) is 14.3. The molecule has 0 fully saturated rings. The molecule has 0 atom stereocenters.